The fraction of sp³-hybridized carbons (Fsp3) is 0.562. The summed E-state index contributed by atoms with van der Waals surface area (Å²) in [5, 5.41) is -0.764. The van der Waals surface area contributed by atoms with Gasteiger partial charge in [0, 0.05) is 0 Å². The minimum absolute atomic E-state index is 0.253. The molecule has 0 aliphatic carbocycles. The number of hydrogen-bond acceptors (Lipinski definition) is 6. The van der Waals surface area contributed by atoms with Gasteiger partial charge in [-0.2, -0.15) is 0 Å². The molecule has 23 heavy (non-hydrogen) atoms. The summed E-state index contributed by atoms with van der Waals surface area (Å²) in [5.74, 6) is -0.455. The average molecular weight is 360 g/mol. The van der Waals surface area contributed by atoms with Crippen LogP contribution in [0, 0.1) is 0 Å². The molecule has 0 heterocycles. The highest BCUT2D eigenvalue weighted by atomic mass is 32.7. The number of esters is 1. The molecule has 0 fully saturated rings. The van der Waals surface area contributed by atoms with Crippen LogP contribution >= 0.6 is 18.2 Å². The van der Waals surface area contributed by atoms with Crippen LogP contribution in [0.25, 0.3) is 0 Å². The molecule has 0 spiro atoms. The van der Waals surface area contributed by atoms with Gasteiger partial charge in [0.25, 0.3) is 0 Å². The Labute approximate surface area is 142 Å². The highest BCUT2D eigenvalue weighted by molar-refractivity contribution is 8.55. The van der Waals surface area contributed by atoms with Crippen LogP contribution in [-0.4, -0.2) is 24.8 Å². The maximum Gasteiger partial charge on any atom is 0.390 e. The van der Waals surface area contributed by atoms with Crippen LogP contribution < -0.4 is 0 Å². The lowest BCUT2D eigenvalue weighted by Crippen LogP contribution is -2.15. The van der Waals surface area contributed by atoms with Crippen LogP contribution in [0.2, 0.25) is 0 Å². The zero-order valence-corrected chi connectivity index (χ0v) is 15.9. The molecule has 0 aliphatic heterocycles. The first-order valence-electron chi connectivity index (χ1n) is 7.64. The van der Waals surface area contributed by atoms with Crippen LogP contribution in [0.5, 0.6) is 0 Å². The van der Waals surface area contributed by atoms with E-state index in [-0.39, 0.29) is 18.8 Å². The van der Waals surface area contributed by atoms with Crippen LogP contribution in [0.1, 0.15) is 45.4 Å². The van der Waals surface area contributed by atoms with Crippen molar-refractivity contribution in [2.75, 3.05) is 6.61 Å². The van der Waals surface area contributed by atoms with Crippen molar-refractivity contribution in [2.24, 2.45) is 0 Å². The fourth-order valence-corrected chi connectivity index (χ4v) is 6.41. The number of carbonyl (C=O) groups excluding carboxylic acids is 1. The lowest BCUT2D eigenvalue weighted by atomic mass is 10.1. The van der Waals surface area contributed by atoms with Gasteiger partial charge >= 0.3 is 12.8 Å². The topological polar surface area (TPSA) is 61.8 Å². The normalized spacial score (nSPS) is 13.3. The van der Waals surface area contributed by atoms with Crippen molar-refractivity contribution in [1.82, 2.24) is 0 Å². The number of rotatable bonds is 9. The van der Waals surface area contributed by atoms with Gasteiger partial charge in [-0.15, -0.1) is 0 Å². The molecule has 1 atom stereocenters. The molecule has 0 N–H and O–H groups in total. The van der Waals surface area contributed by atoms with Gasteiger partial charge in [0.05, 0.1) is 18.8 Å². The molecular weight excluding hydrogens is 335 g/mol. The summed E-state index contributed by atoms with van der Waals surface area (Å²) in [5.41, 5.74) is 0.705. The first-order valence-corrected chi connectivity index (χ1v) is 10.7. The Morgan fingerprint density at radius 1 is 1.09 bits per heavy atom. The molecule has 1 rings (SSSR count). The maximum atomic E-state index is 13.0. The van der Waals surface area contributed by atoms with Crippen molar-refractivity contribution >= 4 is 24.1 Å². The number of hydrogen-bond donors (Lipinski definition) is 0. The largest absolute Gasteiger partial charge is 0.465 e. The van der Waals surface area contributed by atoms with Crippen LogP contribution in [0.15, 0.2) is 30.3 Å². The highest BCUT2D eigenvalue weighted by Gasteiger charge is 2.37. The molecule has 0 radical (unpaired) electrons. The van der Waals surface area contributed by atoms with E-state index in [2.05, 4.69) is 0 Å². The fourth-order valence-electron chi connectivity index (χ4n) is 1.81. The van der Waals surface area contributed by atoms with E-state index in [0.29, 0.717) is 5.56 Å². The van der Waals surface area contributed by atoms with E-state index in [0.717, 1.165) is 11.4 Å². The summed E-state index contributed by atoms with van der Waals surface area (Å²) < 4.78 is 29.2. The van der Waals surface area contributed by atoms with Gasteiger partial charge in [0.1, 0.15) is 5.25 Å². The second-order valence-corrected chi connectivity index (χ2v) is 9.38. The Morgan fingerprint density at radius 3 is 2.04 bits per heavy atom. The lowest BCUT2D eigenvalue weighted by molar-refractivity contribution is -0.142. The van der Waals surface area contributed by atoms with Crippen molar-refractivity contribution in [1.29, 1.82) is 0 Å². The minimum atomic E-state index is -3.51. The van der Waals surface area contributed by atoms with E-state index in [1.165, 1.54) is 0 Å². The molecular formula is C16H25O5PS. The summed E-state index contributed by atoms with van der Waals surface area (Å²) in [4.78, 5) is 12.3. The monoisotopic (exact) mass is 360 g/mol. The molecule has 1 aromatic carbocycles. The molecule has 1 aromatic rings. The lowest BCUT2D eigenvalue weighted by Gasteiger charge is -2.25. The molecule has 5 nitrogen and oxygen atoms in total. The molecule has 0 saturated carbocycles. The summed E-state index contributed by atoms with van der Waals surface area (Å²) in [6, 6.07) is 9.08. The molecule has 1 unspecified atom stereocenters. The number of benzene rings is 1. The second-order valence-electron chi connectivity index (χ2n) is 5.40. The van der Waals surface area contributed by atoms with Crippen molar-refractivity contribution in [2.45, 2.75) is 52.1 Å². The molecule has 0 aromatic heterocycles. The average Bonchev–Trinajstić information content (AvgIpc) is 2.44. The zero-order valence-electron chi connectivity index (χ0n) is 14.2. The summed E-state index contributed by atoms with van der Waals surface area (Å²) in [6.45, 7) is 5.58. The third kappa shape index (κ3) is 7.08. The van der Waals surface area contributed by atoms with Crippen molar-refractivity contribution < 1.29 is 23.1 Å². The Balaban J connectivity index is 3.09. The molecule has 0 saturated heterocycles. The Morgan fingerprint density at radius 2 is 1.61 bits per heavy atom. The molecule has 0 aliphatic rings. The molecule has 0 amide bonds. The predicted molar refractivity (Wildman–Crippen MR) is 93.5 cm³/mol. The van der Waals surface area contributed by atoms with E-state index in [4.69, 9.17) is 13.8 Å². The van der Waals surface area contributed by atoms with E-state index in [1.54, 1.807) is 46.8 Å². The smallest absolute Gasteiger partial charge is 0.390 e. The molecule has 7 heteroatoms. The van der Waals surface area contributed by atoms with Crippen molar-refractivity contribution in [3.63, 3.8) is 0 Å². The Hall–Kier alpha value is -0.810. The highest BCUT2D eigenvalue weighted by Crippen LogP contribution is 2.67. The van der Waals surface area contributed by atoms with Crippen LogP contribution in [0.3, 0.4) is 0 Å². The Bertz CT molecular complexity index is 519. The summed E-state index contributed by atoms with van der Waals surface area (Å²) in [6.07, 6.45) is -0.573. The van der Waals surface area contributed by atoms with Crippen LogP contribution in [0.4, 0.5) is 0 Å². The number of ether oxygens (including phenoxy) is 1. The first kappa shape index (κ1) is 20.2. The van der Waals surface area contributed by atoms with Gasteiger partial charge in [-0.1, -0.05) is 30.3 Å². The van der Waals surface area contributed by atoms with Gasteiger partial charge < -0.3 is 4.74 Å². The third-order valence-electron chi connectivity index (χ3n) is 2.52. The third-order valence-corrected chi connectivity index (χ3v) is 6.73. The van der Waals surface area contributed by atoms with Crippen LogP contribution in [-0.2, 0) is 23.1 Å². The molecule has 130 valence electrons. The zero-order chi connectivity index (χ0) is 17.5. The van der Waals surface area contributed by atoms with E-state index < -0.39 is 18.0 Å². The molecule has 0 bridgehead atoms. The minimum Gasteiger partial charge on any atom is -0.465 e. The summed E-state index contributed by atoms with van der Waals surface area (Å²) in [7, 11) is 0. The van der Waals surface area contributed by atoms with Gasteiger partial charge in [-0.05, 0) is 51.6 Å². The van der Waals surface area contributed by atoms with E-state index in [9.17, 15) is 9.36 Å². The van der Waals surface area contributed by atoms with Gasteiger partial charge in [0.15, 0.2) is 0 Å². The number of carbonyl (C=O) groups is 1. The SMILES string of the molecule is CCOC(=O)C(SP(=O)(OC(C)C)OC(C)C)c1ccccc1. The van der Waals surface area contributed by atoms with E-state index >= 15 is 0 Å². The Kier molecular flexibility index (Phi) is 8.34. The van der Waals surface area contributed by atoms with Crippen molar-refractivity contribution in [3.8, 4) is 0 Å². The van der Waals surface area contributed by atoms with Gasteiger partial charge in [0.2, 0.25) is 0 Å². The van der Waals surface area contributed by atoms with E-state index in [1.807, 2.05) is 18.2 Å². The quantitative estimate of drug-likeness (QED) is 0.457. The second kappa shape index (κ2) is 9.48. The van der Waals surface area contributed by atoms with Crippen molar-refractivity contribution in [3.05, 3.63) is 35.9 Å². The van der Waals surface area contributed by atoms with Gasteiger partial charge in [-0.3, -0.25) is 13.8 Å². The standard InChI is InChI=1S/C16H25O5PS/c1-6-19-16(17)15(14-10-8-7-9-11-14)23-22(18,20-12(2)3)21-13(4)5/h7-13,15H,6H2,1-5H3. The maximum absolute atomic E-state index is 13.0. The predicted octanol–water partition coefficient (Wildman–Crippen LogP) is 4.98. The first-order chi connectivity index (χ1) is 10.8. The summed E-state index contributed by atoms with van der Waals surface area (Å²) >= 11 is 0.887. The van der Waals surface area contributed by atoms with Gasteiger partial charge in [-0.25, -0.2) is 4.57 Å².